The number of aromatic nitrogens is 3. The summed E-state index contributed by atoms with van der Waals surface area (Å²) in [6.45, 7) is 4.02. The van der Waals surface area contributed by atoms with Crippen LogP contribution in [-0.2, 0) is 7.05 Å². The Morgan fingerprint density at radius 1 is 1.35 bits per heavy atom. The molecule has 0 aliphatic rings. The van der Waals surface area contributed by atoms with Crippen molar-refractivity contribution in [3.05, 3.63) is 45.2 Å². The molecule has 1 unspecified atom stereocenters. The molecule has 5 heteroatoms. The highest BCUT2D eigenvalue weighted by atomic mass is 79.9. The topological polar surface area (TPSA) is 50.9 Å². The molecule has 1 atom stereocenters. The van der Waals surface area contributed by atoms with Crippen molar-refractivity contribution >= 4 is 15.9 Å². The smallest absolute Gasteiger partial charge is 0.154 e. The Morgan fingerprint density at radius 2 is 2.06 bits per heavy atom. The summed E-state index contributed by atoms with van der Waals surface area (Å²) in [5, 5.41) is 18.1. The van der Waals surface area contributed by atoms with Crippen LogP contribution in [0.15, 0.2) is 22.8 Å². The van der Waals surface area contributed by atoms with Gasteiger partial charge < -0.3 is 5.11 Å². The van der Waals surface area contributed by atoms with Gasteiger partial charge in [-0.05, 0) is 40.9 Å². The van der Waals surface area contributed by atoms with Gasteiger partial charge in [0.15, 0.2) is 4.60 Å². The largest absolute Gasteiger partial charge is 0.382 e. The van der Waals surface area contributed by atoms with Crippen LogP contribution in [0.25, 0.3) is 0 Å². The third-order valence-electron chi connectivity index (χ3n) is 2.81. The molecule has 90 valence electrons. The number of aryl methyl sites for hydroxylation is 3. The van der Waals surface area contributed by atoms with E-state index < -0.39 is 6.10 Å². The van der Waals surface area contributed by atoms with Crippen molar-refractivity contribution in [1.29, 1.82) is 0 Å². The molecule has 0 bridgehead atoms. The number of aliphatic hydroxyl groups excluding tert-OH is 1. The van der Waals surface area contributed by atoms with E-state index in [1.54, 1.807) is 11.7 Å². The molecule has 0 radical (unpaired) electrons. The van der Waals surface area contributed by atoms with Gasteiger partial charge in [-0.2, -0.15) is 0 Å². The summed E-state index contributed by atoms with van der Waals surface area (Å²) in [6.07, 6.45) is -0.718. The van der Waals surface area contributed by atoms with Crippen LogP contribution >= 0.6 is 15.9 Å². The Kier molecular flexibility index (Phi) is 3.31. The predicted molar refractivity (Wildman–Crippen MR) is 68.7 cm³/mol. The third-order valence-corrected chi connectivity index (χ3v) is 3.37. The SMILES string of the molecule is Cc1ccc(C(O)c2c(Br)nnn2C)c(C)c1. The van der Waals surface area contributed by atoms with Crippen LogP contribution < -0.4 is 0 Å². The van der Waals surface area contributed by atoms with Crippen molar-refractivity contribution in [2.24, 2.45) is 7.05 Å². The molecular formula is C12H14BrN3O. The van der Waals surface area contributed by atoms with Gasteiger partial charge in [0.05, 0.1) is 0 Å². The van der Waals surface area contributed by atoms with Crippen molar-refractivity contribution in [1.82, 2.24) is 15.0 Å². The summed E-state index contributed by atoms with van der Waals surface area (Å²) in [4.78, 5) is 0. The fourth-order valence-electron chi connectivity index (χ4n) is 1.91. The first-order chi connectivity index (χ1) is 8.00. The number of benzene rings is 1. The van der Waals surface area contributed by atoms with Gasteiger partial charge in [0.2, 0.25) is 0 Å². The number of halogens is 1. The maximum absolute atomic E-state index is 10.4. The van der Waals surface area contributed by atoms with Crippen molar-refractivity contribution in [2.75, 3.05) is 0 Å². The van der Waals surface area contributed by atoms with E-state index in [1.165, 1.54) is 5.56 Å². The van der Waals surface area contributed by atoms with E-state index >= 15 is 0 Å². The van der Waals surface area contributed by atoms with Gasteiger partial charge >= 0.3 is 0 Å². The normalized spacial score (nSPS) is 12.8. The fraction of sp³-hybridized carbons (Fsp3) is 0.333. The van der Waals surface area contributed by atoms with E-state index in [4.69, 9.17) is 0 Å². The average Bonchev–Trinajstić information content (AvgIpc) is 2.58. The van der Waals surface area contributed by atoms with Crippen molar-refractivity contribution < 1.29 is 5.11 Å². The van der Waals surface area contributed by atoms with Crippen LogP contribution in [0.2, 0.25) is 0 Å². The maximum Gasteiger partial charge on any atom is 0.154 e. The molecule has 0 amide bonds. The van der Waals surface area contributed by atoms with E-state index in [-0.39, 0.29) is 0 Å². The molecule has 0 spiro atoms. The summed E-state index contributed by atoms with van der Waals surface area (Å²) in [5.41, 5.74) is 3.78. The highest BCUT2D eigenvalue weighted by Crippen LogP contribution is 2.28. The van der Waals surface area contributed by atoms with Crippen LogP contribution in [0.1, 0.15) is 28.5 Å². The first kappa shape index (κ1) is 12.3. The van der Waals surface area contributed by atoms with Crippen molar-refractivity contribution in [3.8, 4) is 0 Å². The molecule has 1 heterocycles. The molecule has 1 aromatic heterocycles. The molecule has 17 heavy (non-hydrogen) atoms. The lowest BCUT2D eigenvalue weighted by molar-refractivity contribution is 0.208. The molecule has 1 aromatic carbocycles. The second-order valence-electron chi connectivity index (χ2n) is 4.15. The number of hydrogen-bond acceptors (Lipinski definition) is 3. The Bertz CT molecular complexity index is 531. The van der Waals surface area contributed by atoms with Gasteiger partial charge in [0.1, 0.15) is 11.8 Å². The lowest BCUT2D eigenvalue weighted by Gasteiger charge is -2.14. The third kappa shape index (κ3) is 2.25. The molecular weight excluding hydrogens is 282 g/mol. The molecule has 0 fully saturated rings. The number of hydrogen-bond donors (Lipinski definition) is 1. The van der Waals surface area contributed by atoms with Gasteiger partial charge in [-0.1, -0.05) is 29.0 Å². The molecule has 1 N–H and O–H groups in total. The van der Waals surface area contributed by atoms with E-state index in [0.717, 1.165) is 11.1 Å². The zero-order chi connectivity index (χ0) is 12.6. The average molecular weight is 296 g/mol. The number of rotatable bonds is 2. The standard InChI is InChI=1S/C12H14BrN3O/c1-7-4-5-9(8(2)6-7)11(17)10-12(13)14-15-16(10)3/h4-6,11,17H,1-3H3. The highest BCUT2D eigenvalue weighted by molar-refractivity contribution is 9.10. The number of nitrogens with zero attached hydrogens (tertiary/aromatic N) is 3. The molecule has 0 aliphatic carbocycles. The zero-order valence-electron chi connectivity index (χ0n) is 9.98. The lowest BCUT2D eigenvalue weighted by Crippen LogP contribution is -2.08. The molecule has 2 aromatic rings. The first-order valence-electron chi connectivity index (χ1n) is 5.31. The summed E-state index contributed by atoms with van der Waals surface area (Å²) in [7, 11) is 1.76. The first-order valence-corrected chi connectivity index (χ1v) is 6.10. The molecule has 0 saturated heterocycles. The van der Waals surface area contributed by atoms with Crippen LogP contribution in [0.5, 0.6) is 0 Å². The highest BCUT2D eigenvalue weighted by Gasteiger charge is 2.20. The van der Waals surface area contributed by atoms with Gasteiger partial charge in [-0.15, -0.1) is 5.10 Å². The van der Waals surface area contributed by atoms with E-state index in [1.807, 2.05) is 26.0 Å². The molecule has 2 rings (SSSR count). The van der Waals surface area contributed by atoms with Gasteiger partial charge in [0.25, 0.3) is 0 Å². The Morgan fingerprint density at radius 3 is 2.59 bits per heavy atom. The van der Waals surface area contributed by atoms with E-state index in [9.17, 15) is 5.11 Å². The van der Waals surface area contributed by atoms with Crippen molar-refractivity contribution in [3.63, 3.8) is 0 Å². The van der Waals surface area contributed by atoms with Gasteiger partial charge in [-0.3, -0.25) is 0 Å². The minimum absolute atomic E-state index is 0.576. The Labute approximate surface area is 108 Å². The Hall–Kier alpha value is -1.20. The Balaban J connectivity index is 2.47. The number of aliphatic hydroxyl groups is 1. The molecule has 0 saturated carbocycles. The second kappa shape index (κ2) is 4.58. The minimum atomic E-state index is -0.718. The summed E-state index contributed by atoms with van der Waals surface area (Å²) >= 11 is 3.30. The molecule has 0 aliphatic heterocycles. The second-order valence-corrected chi connectivity index (χ2v) is 4.90. The van der Waals surface area contributed by atoms with Crippen LogP contribution in [-0.4, -0.2) is 20.1 Å². The lowest BCUT2D eigenvalue weighted by atomic mass is 9.99. The van der Waals surface area contributed by atoms with Crippen LogP contribution in [0.3, 0.4) is 0 Å². The summed E-state index contributed by atoms with van der Waals surface area (Å²) in [6, 6.07) is 5.98. The predicted octanol–water partition coefficient (Wildman–Crippen LogP) is 2.28. The van der Waals surface area contributed by atoms with E-state index in [2.05, 4.69) is 32.3 Å². The molecule has 4 nitrogen and oxygen atoms in total. The van der Waals surface area contributed by atoms with Gasteiger partial charge in [-0.25, -0.2) is 4.68 Å². The maximum atomic E-state index is 10.4. The van der Waals surface area contributed by atoms with Crippen LogP contribution in [0, 0.1) is 13.8 Å². The van der Waals surface area contributed by atoms with E-state index in [0.29, 0.717) is 10.3 Å². The quantitative estimate of drug-likeness (QED) is 0.925. The summed E-state index contributed by atoms with van der Waals surface area (Å²) in [5.74, 6) is 0. The van der Waals surface area contributed by atoms with Crippen LogP contribution in [0.4, 0.5) is 0 Å². The van der Waals surface area contributed by atoms with Gasteiger partial charge in [0, 0.05) is 7.05 Å². The zero-order valence-corrected chi connectivity index (χ0v) is 11.6. The summed E-state index contributed by atoms with van der Waals surface area (Å²) < 4.78 is 2.15. The monoisotopic (exact) mass is 295 g/mol. The minimum Gasteiger partial charge on any atom is -0.382 e. The van der Waals surface area contributed by atoms with Crippen molar-refractivity contribution in [2.45, 2.75) is 20.0 Å². The fourth-order valence-corrected chi connectivity index (χ4v) is 2.45.